The van der Waals surface area contributed by atoms with Gasteiger partial charge in [0, 0.05) is 157 Å². The Morgan fingerprint density at radius 1 is 0.370 bits per heavy atom. The van der Waals surface area contributed by atoms with Gasteiger partial charge in [-0.25, -0.2) is 35.9 Å². The Labute approximate surface area is 864 Å². The number of alkyl carbamates (subject to hydrolysis) is 2. The summed E-state index contributed by atoms with van der Waals surface area (Å²) in [6.07, 6.45) is 32.0. The highest BCUT2D eigenvalue weighted by atomic mass is 32.2. The lowest BCUT2D eigenvalue weighted by molar-refractivity contribution is -0.388. The standard InChI is InChI=1S/C21H33N3O2.C20H31N3O5S.C20H22N2O3.C16H15NO2.C14H28N2O.C11H15N3O5S.C5H12N2O.CH5N/c1-22-20(25)15-9-17-24(16-8-12-18-10-4-2-5-11-18)21(26)23-19-13-6-3-7-14-19;1-21-20(24)14-8-16-22(15-7-11-17-9-3-2-4-10-17)29(27,28)19-13-6-5-12-18(19)23(25)26;1-21-19(23)11-6-12-22-20(24)25-13-18-16-9-4-2-7-14(16)15-8-3-5-10-17(15)18;1-17-16(18)19-10-15-13-8-4-2-6-11(13)12-7-3-5-9-14(12)15;1-15-14(17)10-6-12-16-11-5-9-13-7-3-2-4-8-13;1-12-11(15)7-4-8-13-20(18,19)10-6-3-2-5-9(10)14(16)17;1-7-5(8)3-2-4-6;1-2/h3,6-7,13-14,18H,2,4-5,8-12,15-17H2,1H3,(H,22,25)(H,23,26);5-6,12-13,17H,2-4,7-11,14-16H2,1H3,(H,21,24);2-5,7-10,18H,6,11-13H2,1H3,(H,21,23)(H,22,24);2-9,15H,10H2,1H3,(H,17,18);13,16H,2-12H2,1H3,(H,15,17);2-3,5-6,13H,4,7-8H2,1H3,(H,12,15);2-4,6H2,1H3,(H,7,8);2H2,1H3. The maximum atomic E-state index is 13.2. The lowest BCUT2D eigenvalue weighted by Crippen LogP contribution is -2.37. The van der Waals surface area contributed by atoms with E-state index in [1.165, 1.54) is 228 Å². The molecule has 0 radical (unpaired) electrons. The van der Waals surface area contributed by atoms with Crippen molar-refractivity contribution >= 4 is 90.8 Å². The number of ether oxygens (including phenoxy) is 2. The predicted octanol–water partition coefficient (Wildman–Crippen LogP) is 16.0. The fraction of sp³-hybridized carbons (Fsp3) is 0.528. The topological polar surface area (TPSA) is 517 Å². The Kier molecular flexibility index (Phi) is 61.3. The van der Waals surface area contributed by atoms with Gasteiger partial charge in [-0.3, -0.25) is 49.0 Å². The summed E-state index contributed by atoms with van der Waals surface area (Å²) in [5.41, 5.74) is 19.3. The molecule has 36 nitrogen and oxygen atoms in total. The van der Waals surface area contributed by atoms with Crippen LogP contribution in [-0.2, 0) is 58.3 Å². The Hall–Kier alpha value is -12.3. The molecule has 146 heavy (non-hydrogen) atoms. The van der Waals surface area contributed by atoms with Gasteiger partial charge in [0.25, 0.3) is 11.4 Å². The van der Waals surface area contributed by atoms with Gasteiger partial charge in [0.1, 0.15) is 13.2 Å². The smallest absolute Gasteiger partial charge is 0.407 e. The molecule has 0 aromatic heterocycles. The van der Waals surface area contributed by atoms with Gasteiger partial charge in [0.2, 0.25) is 55.5 Å². The Balaban J connectivity index is 0.000000305. The molecule has 38 heteroatoms. The van der Waals surface area contributed by atoms with Crippen LogP contribution in [0.2, 0.25) is 0 Å². The number of nitro benzene ring substituents is 2. The third kappa shape index (κ3) is 46.2. The fourth-order valence-corrected chi connectivity index (χ4v) is 20.8. The molecule has 0 atom stereocenters. The first-order valence-corrected chi connectivity index (χ1v) is 54.4. The molecule has 10 amide bonds. The van der Waals surface area contributed by atoms with Gasteiger partial charge in [0.05, 0.1) is 9.85 Å². The number of hydrogen-bond acceptors (Lipinski definition) is 22. The number of rotatable bonds is 46. The molecule has 7 aromatic rings. The number of hydrogen-bond donors (Lipinski definition) is 13. The second-order valence-electron chi connectivity index (χ2n) is 36.0. The van der Waals surface area contributed by atoms with E-state index < -0.39 is 47.4 Å². The molecule has 0 spiro atoms. The van der Waals surface area contributed by atoms with E-state index in [-0.39, 0.29) is 95.1 Å². The third-order valence-electron chi connectivity index (χ3n) is 25.8. The van der Waals surface area contributed by atoms with Crippen molar-refractivity contribution in [2.75, 3.05) is 134 Å². The Morgan fingerprint density at radius 3 is 1.12 bits per heavy atom. The van der Waals surface area contributed by atoms with E-state index in [4.69, 9.17) is 15.2 Å². The van der Waals surface area contributed by atoms with Crippen molar-refractivity contribution < 1.29 is 79.3 Å². The molecule has 15 N–H and O–H groups in total. The summed E-state index contributed by atoms with van der Waals surface area (Å²) >= 11 is 0. The van der Waals surface area contributed by atoms with E-state index in [1.807, 2.05) is 83.8 Å². The maximum Gasteiger partial charge on any atom is 0.407 e. The zero-order chi connectivity index (χ0) is 107. The van der Waals surface area contributed by atoms with Crippen molar-refractivity contribution in [2.24, 2.45) is 29.2 Å². The van der Waals surface area contributed by atoms with Crippen molar-refractivity contribution in [3.63, 3.8) is 0 Å². The van der Waals surface area contributed by atoms with E-state index in [9.17, 15) is 80.2 Å². The summed E-state index contributed by atoms with van der Waals surface area (Å²) in [7, 11) is 4.66. The molecule has 0 unspecified atom stereocenters. The number of para-hydroxylation sites is 3. The minimum atomic E-state index is -4.02. The van der Waals surface area contributed by atoms with Crippen LogP contribution < -0.4 is 69.4 Å². The largest absolute Gasteiger partial charge is 0.449 e. The SMILES string of the molecule is CN.CNC(=O)CCCN.CNC(=O)CCCN(CCCC1CCCCC1)C(=O)Nc1ccccc1.CNC(=O)CCCN(CCCC1CCCCC1)S(=O)(=O)c1ccccc1[N+](=O)[O-].CNC(=O)CCCNC(=O)OCC1c2ccccc2-c2ccccc21.CNC(=O)CCCNCCCC1CCCCC1.CNC(=O)CCCNS(=O)(=O)c1ccccc1[N+](=O)[O-].CNC(=O)OCC1c2ccccc2-c2ccccc21. The highest BCUT2D eigenvalue weighted by molar-refractivity contribution is 7.89. The van der Waals surface area contributed by atoms with Crippen LogP contribution >= 0.6 is 0 Å². The van der Waals surface area contributed by atoms with E-state index in [2.05, 4.69) is 112 Å². The number of urea groups is 1. The van der Waals surface area contributed by atoms with Gasteiger partial charge in [0.15, 0.2) is 9.79 Å². The van der Waals surface area contributed by atoms with Gasteiger partial charge in [-0.15, -0.1) is 0 Å². The van der Waals surface area contributed by atoms with Crippen molar-refractivity contribution in [3.05, 3.63) is 218 Å². The van der Waals surface area contributed by atoms with Crippen LogP contribution in [0, 0.1) is 38.0 Å². The van der Waals surface area contributed by atoms with Gasteiger partial charge in [-0.05, 0) is 190 Å². The van der Waals surface area contributed by atoms with Crippen molar-refractivity contribution in [1.29, 1.82) is 0 Å². The molecule has 0 heterocycles. The van der Waals surface area contributed by atoms with Crippen molar-refractivity contribution in [1.82, 2.24) is 61.8 Å². The molecular weight excluding hydrogens is 1900 g/mol. The minimum Gasteiger partial charge on any atom is -0.449 e. The Morgan fingerprint density at radius 2 is 0.699 bits per heavy atom. The average molecular weight is 2070 g/mol. The third-order valence-corrected chi connectivity index (χ3v) is 29.3. The summed E-state index contributed by atoms with van der Waals surface area (Å²) in [6, 6.07) is 53.0. The van der Waals surface area contributed by atoms with Crippen LogP contribution in [-0.4, -0.2) is 218 Å². The molecule has 5 aliphatic carbocycles. The van der Waals surface area contributed by atoms with E-state index in [0.29, 0.717) is 103 Å². The first-order chi connectivity index (χ1) is 70.6. The Bertz CT molecular complexity index is 5230. The quantitative estimate of drug-likeness (QED) is 0.00957. The normalized spacial score (nSPS) is 13.4. The van der Waals surface area contributed by atoms with Crippen LogP contribution in [0.15, 0.2) is 186 Å². The van der Waals surface area contributed by atoms with Crippen LogP contribution in [0.3, 0.4) is 0 Å². The van der Waals surface area contributed by atoms with E-state index in [1.54, 1.807) is 35.2 Å². The molecular formula is C108H161N17O19S2. The van der Waals surface area contributed by atoms with Crippen molar-refractivity contribution in [2.45, 2.75) is 234 Å². The average Bonchev–Trinajstić information content (AvgIpc) is 1.65. The summed E-state index contributed by atoms with van der Waals surface area (Å²) in [4.78, 5) is 124. The number of carbonyl (C=O) groups excluding carboxylic acids is 9. The summed E-state index contributed by atoms with van der Waals surface area (Å²) in [5.74, 6) is 2.49. The number of nitro groups is 2. The number of carbonyl (C=O) groups is 9. The number of anilines is 1. The zero-order valence-electron chi connectivity index (χ0n) is 86.8. The van der Waals surface area contributed by atoms with Gasteiger partial charge < -0.3 is 79.0 Å². The van der Waals surface area contributed by atoms with Crippen LogP contribution in [0.1, 0.15) is 246 Å². The predicted molar refractivity (Wildman–Crippen MR) is 574 cm³/mol. The first kappa shape index (κ1) is 124. The van der Waals surface area contributed by atoms with Crippen LogP contribution in [0.5, 0.6) is 0 Å². The van der Waals surface area contributed by atoms with Gasteiger partial charge in [-0.2, -0.15) is 4.31 Å². The fourth-order valence-electron chi connectivity index (χ4n) is 17.9. The minimum absolute atomic E-state index is 0.0237. The summed E-state index contributed by atoms with van der Waals surface area (Å²) in [6.45, 7) is 5.62. The zero-order valence-corrected chi connectivity index (χ0v) is 88.4. The molecule has 804 valence electrons. The van der Waals surface area contributed by atoms with E-state index >= 15 is 0 Å². The van der Waals surface area contributed by atoms with Crippen LogP contribution in [0.4, 0.5) is 31.4 Å². The summed E-state index contributed by atoms with van der Waals surface area (Å²) < 4.78 is 64.5. The van der Waals surface area contributed by atoms with Gasteiger partial charge >= 0.3 is 18.2 Å². The molecule has 0 bridgehead atoms. The van der Waals surface area contributed by atoms with Crippen LogP contribution in [0.25, 0.3) is 22.3 Å². The molecule has 3 fully saturated rings. The second kappa shape index (κ2) is 72.1. The first-order valence-electron chi connectivity index (χ1n) is 51.5. The lowest BCUT2D eigenvalue weighted by atomic mass is 9.86. The monoisotopic (exact) mass is 2060 g/mol. The highest BCUT2D eigenvalue weighted by Gasteiger charge is 2.34. The summed E-state index contributed by atoms with van der Waals surface area (Å²) in [5, 5.41) is 48.9. The highest BCUT2D eigenvalue weighted by Crippen LogP contribution is 2.46. The number of nitrogens with two attached hydrogens (primary N) is 2. The molecule has 12 rings (SSSR count). The molecule has 3 saturated carbocycles. The molecule has 7 aromatic carbocycles. The molecule has 5 aliphatic rings. The van der Waals surface area contributed by atoms with E-state index in [0.717, 1.165) is 68.9 Å². The molecule has 0 aliphatic heterocycles. The second-order valence-corrected chi connectivity index (χ2v) is 39.6. The van der Waals surface area contributed by atoms with Crippen molar-refractivity contribution in [3.8, 4) is 22.3 Å². The number of benzene rings is 7. The lowest BCUT2D eigenvalue weighted by Gasteiger charge is -2.25. The maximum absolute atomic E-state index is 13.2. The number of fused-ring (bicyclic) bond motifs is 6. The number of nitrogens with one attached hydrogen (secondary N) is 11. The number of amides is 10. The number of nitrogens with zero attached hydrogens (tertiary/aromatic N) is 4. The van der Waals surface area contributed by atoms with Gasteiger partial charge in [-0.1, -0.05) is 236 Å². The number of sulfonamides is 2. The molecule has 0 saturated heterocycles.